The van der Waals surface area contributed by atoms with Crippen LogP contribution in [0.15, 0.2) is 29.2 Å². The maximum atomic E-state index is 11.4. The van der Waals surface area contributed by atoms with Crippen LogP contribution in [0, 0.1) is 11.3 Å². The fourth-order valence-electron chi connectivity index (χ4n) is 4.38. The van der Waals surface area contributed by atoms with E-state index in [1.165, 1.54) is 25.7 Å². The first-order chi connectivity index (χ1) is 9.71. The third-order valence-corrected chi connectivity index (χ3v) is 6.48. The molecule has 1 saturated heterocycles. The molecule has 1 aromatic rings. The van der Waals surface area contributed by atoms with Crippen LogP contribution in [-0.2, 0) is 15.5 Å². The molecule has 3 fully saturated rings. The zero-order chi connectivity index (χ0) is 13.7. The predicted octanol–water partition coefficient (Wildman–Crippen LogP) is 2.79. The molecular formula is C16H21NO2S. The van der Waals surface area contributed by atoms with Crippen molar-refractivity contribution in [3.63, 3.8) is 0 Å². The van der Waals surface area contributed by atoms with E-state index in [9.17, 15) is 4.21 Å². The van der Waals surface area contributed by atoms with Crippen molar-refractivity contribution in [2.75, 3.05) is 18.2 Å². The molecule has 4 heteroatoms. The van der Waals surface area contributed by atoms with Crippen LogP contribution in [-0.4, -0.2) is 29.2 Å². The van der Waals surface area contributed by atoms with Gasteiger partial charge in [-0.3, -0.25) is 4.21 Å². The number of anilines is 1. The number of rotatable bonds is 3. The number of ether oxygens (including phenoxy) is 1. The van der Waals surface area contributed by atoms with E-state index in [0.717, 1.165) is 17.2 Å². The summed E-state index contributed by atoms with van der Waals surface area (Å²) in [7, 11) is -0.896. The van der Waals surface area contributed by atoms with Crippen molar-refractivity contribution in [3.8, 4) is 0 Å². The quantitative estimate of drug-likeness (QED) is 0.930. The fraction of sp³-hybridized carbons (Fsp3) is 0.625. The zero-order valence-electron chi connectivity index (χ0n) is 11.8. The van der Waals surface area contributed by atoms with Crippen molar-refractivity contribution in [2.45, 2.75) is 42.7 Å². The molecule has 108 valence electrons. The first-order valence-electron chi connectivity index (χ1n) is 7.52. The van der Waals surface area contributed by atoms with Gasteiger partial charge >= 0.3 is 0 Å². The van der Waals surface area contributed by atoms with E-state index in [0.29, 0.717) is 23.5 Å². The molecule has 1 heterocycles. The minimum Gasteiger partial charge on any atom is -0.381 e. The lowest BCUT2D eigenvalue weighted by molar-refractivity contribution is -0.158. The molecule has 3 aliphatic rings. The van der Waals surface area contributed by atoms with Gasteiger partial charge in [0, 0.05) is 51.6 Å². The number of hydrogen-bond donors (Lipinski definition) is 1. The highest BCUT2D eigenvalue weighted by molar-refractivity contribution is 7.84. The van der Waals surface area contributed by atoms with E-state index >= 15 is 0 Å². The lowest BCUT2D eigenvalue weighted by Gasteiger charge is -2.63. The molecule has 1 spiro atoms. The van der Waals surface area contributed by atoms with Crippen molar-refractivity contribution < 1.29 is 8.95 Å². The SMILES string of the molecule is C[S@](=O)c1ccc(N[C@@H]2[C@H]3CCO[C@@H]3C23CCC3)cc1. The second-order valence-electron chi connectivity index (χ2n) is 6.43. The third kappa shape index (κ3) is 1.70. The van der Waals surface area contributed by atoms with E-state index in [-0.39, 0.29) is 0 Å². The second-order valence-corrected chi connectivity index (χ2v) is 7.81. The minimum atomic E-state index is -0.896. The largest absolute Gasteiger partial charge is 0.381 e. The summed E-state index contributed by atoms with van der Waals surface area (Å²) in [5, 5.41) is 3.73. The van der Waals surface area contributed by atoms with Crippen LogP contribution in [0.3, 0.4) is 0 Å². The molecule has 1 N–H and O–H groups in total. The van der Waals surface area contributed by atoms with Crippen LogP contribution in [0.5, 0.6) is 0 Å². The van der Waals surface area contributed by atoms with Gasteiger partial charge in [0.1, 0.15) is 0 Å². The standard InChI is InChI=1S/C16H21NO2S/c1-20(18)12-5-3-11(4-6-12)17-14-13-7-10-19-15(13)16(14)8-2-9-16/h3-6,13-15,17H,2,7-10H2,1H3/t13-,14-,15+,20+/m1/s1. The van der Waals surface area contributed by atoms with Crippen molar-refractivity contribution in [1.29, 1.82) is 0 Å². The van der Waals surface area contributed by atoms with E-state index in [1.54, 1.807) is 6.26 Å². The molecule has 1 aliphatic heterocycles. The summed E-state index contributed by atoms with van der Waals surface area (Å²) in [6.07, 6.45) is 7.39. The summed E-state index contributed by atoms with van der Waals surface area (Å²) < 4.78 is 17.4. The Balaban J connectivity index is 1.52. The van der Waals surface area contributed by atoms with Gasteiger partial charge in [-0.15, -0.1) is 0 Å². The maximum absolute atomic E-state index is 11.4. The first kappa shape index (κ1) is 12.8. The summed E-state index contributed by atoms with van der Waals surface area (Å²) >= 11 is 0. The van der Waals surface area contributed by atoms with Crippen molar-refractivity contribution in [3.05, 3.63) is 24.3 Å². The zero-order valence-corrected chi connectivity index (χ0v) is 12.6. The monoisotopic (exact) mass is 291 g/mol. The predicted molar refractivity (Wildman–Crippen MR) is 80.3 cm³/mol. The normalized spacial score (nSPS) is 35.0. The van der Waals surface area contributed by atoms with Crippen LogP contribution >= 0.6 is 0 Å². The summed E-state index contributed by atoms with van der Waals surface area (Å²) in [5.74, 6) is 0.690. The molecule has 0 bridgehead atoms. The molecule has 20 heavy (non-hydrogen) atoms. The van der Waals surface area contributed by atoms with Crippen LogP contribution < -0.4 is 5.32 Å². The van der Waals surface area contributed by atoms with Gasteiger partial charge in [0.15, 0.2) is 0 Å². The maximum Gasteiger partial charge on any atom is 0.0699 e. The van der Waals surface area contributed by atoms with Gasteiger partial charge in [-0.2, -0.15) is 0 Å². The second kappa shape index (κ2) is 4.57. The van der Waals surface area contributed by atoms with E-state index in [2.05, 4.69) is 17.4 Å². The van der Waals surface area contributed by atoms with Gasteiger partial charge in [0.05, 0.1) is 6.10 Å². The van der Waals surface area contributed by atoms with Crippen molar-refractivity contribution >= 4 is 16.5 Å². The summed E-state index contributed by atoms with van der Waals surface area (Å²) in [4.78, 5) is 0.893. The van der Waals surface area contributed by atoms with Crippen LogP contribution in [0.2, 0.25) is 0 Å². The first-order valence-corrected chi connectivity index (χ1v) is 9.08. The average molecular weight is 291 g/mol. The summed E-state index contributed by atoms with van der Waals surface area (Å²) in [6, 6.07) is 8.63. The molecule has 2 aliphatic carbocycles. The smallest absolute Gasteiger partial charge is 0.0699 e. The Morgan fingerprint density at radius 2 is 2.05 bits per heavy atom. The molecule has 0 unspecified atom stereocenters. The fourth-order valence-corrected chi connectivity index (χ4v) is 4.90. The molecule has 3 nitrogen and oxygen atoms in total. The van der Waals surface area contributed by atoms with Crippen molar-refractivity contribution in [2.24, 2.45) is 11.3 Å². The molecule has 4 atom stereocenters. The molecule has 0 amide bonds. The van der Waals surface area contributed by atoms with Gasteiger partial charge < -0.3 is 10.1 Å². The Hall–Kier alpha value is -0.870. The highest BCUT2D eigenvalue weighted by atomic mass is 32.2. The molecule has 4 rings (SSSR count). The number of hydrogen-bond acceptors (Lipinski definition) is 3. The van der Waals surface area contributed by atoms with E-state index < -0.39 is 10.8 Å². The van der Waals surface area contributed by atoms with Gasteiger partial charge in [0.2, 0.25) is 0 Å². The summed E-state index contributed by atoms with van der Waals surface area (Å²) in [5.41, 5.74) is 1.56. The molecule has 2 saturated carbocycles. The Morgan fingerprint density at radius 1 is 1.30 bits per heavy atom. The van der Waals surface area contributed by atoms with Crippen LogP contribution in [0.4, 0.5) is 5.69 Å². The Morgan fingerprint density at radius 3 is 2.65 bits per heavy atom. The van der Waals surface area contributed by atoms with Gasteiger partial charge in [-0.05, 0) is 43.5 Å². The topological polar surface area (TPSA) is 38.3 Å². The summed E-state index contributed by atoms with van der Waals surface area (Å²) in [6.45, 7) is 0.934. The van der Waals surface area contributed by atoms with Crippen LogP contribution in [0.1, 0.15) is 25.7 Å². The minimum absolute atomic E-state index is 0.410. The lowest BCUT2D eigenvalue weighted by Crippen LogP contribution is -2.68. The van der Waals surface area contributed by atoms with E-state index in [1.807, 2.05) is 12.1 Å². The van der Waals surface area contributed by atoms with Crippen molar-refractivity contribution in [1.82, 2.24) is 0 Å². The van der Waals surface area contributed by atoms with Gasteiger partial charge in [-0.25, -0.2) is 0 Å². The average Bonchev–Trinajstić information content (AvgIpc) is 2.80. The Labute approximate surface area is 122 Å². The molecule has 0 radical (unpaired) electrons. The highest BCUT2D eigenvalue weighted by Gasteiger charge is 2.66. The van der Waals surface area contributed by atoms with Crippen LogP contribution in [0.25, 0.3) is 0 Å². The lowest BCUT2D eigenvalue weighted by atomic mass is 9.46. The Kier molecular flexibility index (Phi) is 2.93. The Bertz CT molecular complexity index is 538. The van der Waals surface area contributed by atoms with E-state index in [4.69, 9.17) is 4.74 Å². The van der Waals surface area contributed by atoms with Gasteiger partial charge in [0.25, 0.3) is 0 Å². The van der Waals surface area contributed by atoms with Gasteiger partial charge in [-0.1, -0.05) is 6.42 Å². The molecule has 0 aromatic heterocycles. The number of benzene rings is 1. The number of fused-ring (bicyclic) bond motifs is 2. The third-order valence-electron chi connectivity index (χ3n) is 5.54. The number of nitrogens with one attached hydrogen (secondary N) is 1. The molecular weight excluding hydrogens is 270 g/mol. The molecule has 1 aromatic carbocycles. The highest BCUT2D eigenvalue weighted by Crippen LogP contribution is 2.63.